The number of rotatable bonds is 3. The Bertz CT molecular complexity index is 2340. The van der Waals surface area contributed by atoms with E-state index >= 15 is 0 Å². The van der Waals surface area contributed by atoms with Gasteiger partial charge in [0.15, 0.2) is 6.17 Å². The van der Waals surface area contributed by atoms with Crippen molar-refractivity contribution in [3.05, 3.63) is 144 Å². The molecule has 0 bridgehead atoms. The number of amidine groups is 2. The molecule has 3 heterocycles. The van der Waals surface area contributed by atoms with E-state index in [9.17, 15) is 0 Å². The van der Waals surface area contributed by atoms with Crippen molar-refractivity contribution >= 4 is 66.9 Å². The molecule has 204 valence electrons. The minimum Gasteiger partial charge on any atom is -0.440 e. The van der Waals surface area contributed by atoms with E-state index in [1.807, 2.05) is 12.1 Å². The summed E-state index contributed by atoms with van der Waals surface area (Å²) in [5.41, 5.74) is 4.93. The van der Waals surface area contributed by atoms with Crippen molar-refractivity contribution in [2.45, 2.75) is 6.17 Å². The van der Waals surface area contributed by atoms with E-state index in [1.165, 1.54) is 32.3 Å². The van der Waals surface area contributed by atoms with E-state index < -0.39 is 6.17 Å². The van der Waals surface area contributed by atoms with Gasteiger partial charge in [0.25, 0.3) is 0 Å². The summed E-state index contributed by atoms with van der Waals surface area (Å²) in [4.78, 5) is 10.4. The monoisotopic (exact) mass is 554 g/mol. The van der Waals surface area contributed by atoms with Crippen molar-refractivity contribution in [1.29, 1.82) is 0 Å². The van der Waals surface area contributed by atoms with Gasteiger partial charge in [-0.1, -0.05) is 109 Å². The molecule has 2 aliphatic rings. The molecule has 2 aliphatic heterocycles. The molecule has 0 fully saturated rings. The maximum absolute atomic E-state index is 6.21. The Morgan fingerprint density at radius 1 is 0.651 bits per heavy atom. The second kappa shape index (κ2) is 9.43. The SMILES string of the molecule is C1=Cc2c(oc3cccc(C4=NC(c5ccc6ccccc6c5)N=C(c5ccc6ccc7ccccc7c6c5)N4)c23)NC1. The van der Waals surface area contributed by atoms with Gasteiger partial charge < -0.3 is 15.1 Å². The van der Waals surface area contributed by atoms with E-state index in [1.54, 1.807) is 0 Å². The first kappa shape index (κ1) is 24.0. The molecule has 9 rings (SSSR count). The number of anilines is 1. The zero-order chi connectivity index (χ0) is 28.3. The highest BCUT2D eigenvalue weighted by atomic mass is 16.3. The first-order chi connectivity index (χ1) is 21.3. The lowest BCUT2D eigenvalue weighted by Gasteiger charge is -2.23. The number of hydrogen-bond acceptors (Lipinski definition) is 5. The third-order valence-electron chi connectivity index (χ3n) is 8.50. The smallest absolute Gasteiger partial charge is 0.201 e. The van der Waals surface area contributed by atoms with Gasteiger partial charge in [0, 0.05) is 28.6 Å². The quantitative estimate of drug-likeness (QED) is 0.215. The van der Waals surface area contributed by atoms with Crippen LogP contribution in [0.25, 0.3) is 49.4 Å². The molecule has 2 N–H and O–H groups in total. The summed E-state index contributed by atoms with van der Waals surface area (Å²) >= 11 is 0. The molecule has 0 saturated heterocycles. The fourth-order valence-corrected chi connectivity index (χ4v) is 6.39. The van der Waals surface area contributed by atoms with E-state index in [0.717, 1.165) is 57.3 Å². The molecule has 0 saturated carbocycles. The van der Waals surface area contributed by atoms with Gasteiger partial charge in [-0.2, -0.15) is 0 Å². The number of nitrogens with one attached hydrogen (secondary N) is 2. The summed E-state index contributed by atoms with van der Waals surface area (Å²) in [5, 5.41) is 15.3. The highest BCUT2D eigenvalue weighted by molar-refractivity contribution is 6.22. The molecule has 1 unspecified atom stereocenters. The molecule has 5 nitrogen and oxygen atoms in total. The van der Waals surface area contributed by atoms with Gasteiger partial charge in [0.2, 0.25) is 5.88 Å². The van der Waals surface area contributed by atoms with Crippen LogP contribution >= 0.6 is 0 Å². The molecule has 1 atom stereocenters. The number of furan rings is 1. The lowest BCUT2D eigenvalue weighted by molar-refractivity contribution is 0.628. The Balaban J connectivity index is 1.24. The van der Waals surface area contributed by atoms with Crippen molar-refractivity contribution in [3.63, 3.8) is 0 Å². The normalized spacial score (nSPS) is 16.1. The van der Waals surface area contributed by atoms with Crippen LogP contribution in [0.2, 0.25) is 0 Å². The molecule has 0 spiro atoms. The average Bonchev–Trinajstić information content (AvgIpc) is 3.46. The molecule has 1 aromatic heterocycles. The van der Waals surface area contributed by atoms with Crippen molar-refractivity contribution < 1.29 is 4.42 Å². The molecular weight excluding hydrogens is 528 g/mol. The van der Waals surface area contributed by atoms with Gasteiger partial charge in [0.05, 0.1) is 0 Å². The summed E-state index contributed by atoms with van der Waals surface area (Å²) < 4.78 is 6.21. The van der Waals surface area contributed by atoms with Crippen molar-refractivity contribution in [1.82, 2.24) is 5.32 Å². The lowest BCUT2D eigenvalue weighted by atomic mass is 9.99. The Hall–Kier alpha value is -5.68. The van der Waals surface area contributed by atoms with Crippen LogP contribution in [0.4, 0.5) is 5.88 Å². The van der Waals surface area contributed by atoms with Crippen LogP contribution in [0.1, 0.15) is 28.4 Å². The Morgan fingerprint density at radius 2 is 1.42 bits per heavy atom. The Morgan fingerprint density at radius 3 is 2.35 bits per heavy atom. The zero-order valence-corrected chi connectivity index (χ0v) is 23.2. The highest BCUT2D eigenvalue weighted by Crippen LogP contribution is 2.37. The number of aliphatic imine (C=N–C) groups is 2. The predicted octanol–water partition coefficient (Wildman–Crippen LogP) is 8.83. The van der Waals surface area contributed by atoms with Crippen LogP contribution in [0.3, 0.4) is 0 Å². The molecule has 0 amide bonds. The van der Waals surface area contributed by atoms with E-state index in [4.69, 9.17) is 14.4 Å². The van der Waals surface area contributed by atoms with Gasteiger partial charge >= 0.3 is 0 Å². The molecular formula is C38H26N4O. The van der Waals surface area contributed by atoms with Crippen LogP contribution in [0, 0.1) is 0 Å². The van der Waals surface area contributed by atoms with Crippen LogP contribution in [0.5, 0.6) is 0 Å². The maximum Gasteiger partial charge on any atom is 0.201 e. The summed E-state index contributed by atoms with van der Waals surface area (Å²) in [6.45, 7) is 0.749. The first-order valence-corrected chi connectivity index (χ1v) is 14.6. The van der Waals surface area contributed by atoms with Crippen LogP contribution in [-0.4, -0.2) is 18.2 Å². The zero-order valence-electron chi connectivity index (χ0n) is 23.2. The van der Waals surface area contributed by atoms with Gasteiger partial charge in [-0.25, -0.2) is 9.98 Å². The maximum atomic E-state index is 6.21. The number of hydrogen-bond donors (Lipinski definition) is 2. The second-order valence-electron chi connectivity index (χ2n) is 11.1. The van der Waals surface area contributed by atoms with E-state index in [-0.39, 0.29) is 0 Å². The standard InChI is InChI=1S/C38H26N4O/c1-2-9-26-21-27(18-14-23(26)7-1)35-40-36(28-19-17-25-16-15-24-8-3-4-10-29(24)32(25)22-28)42-37(41-35)30-11-5-13-33-34(30)31-12-6-20-39-38(31)43-33/h1-19,21-22,35,39H,20H2,(H,40,41,42). The minimum absolute atomic E-state index is 0.411. The topological polar surface area (TPSA) is 61.9 Å². The summed E-state index contributed by atoms with van der Waals surface area (Å²) in [7, 11) is 0. The lowest BCUT2D eigenvalue weighted by Crippen LogP contribution is -2.36. The van der Waals surface area contributed by atoms with Gasteiger partial charge in [-0.15, -0.1) is 0 Å². The van der Waals surface area contributed by atoms with Crippen molar-refractivity contribution in [3.8, 4) is 0 Å². The minimum atomic E-state index is -0.411. The highest BCUT2D eigenvalue weighted by Gasteiger charge is 2.25. The third-order valence-corrected chi connectivity index (χ3v) is 8.50. The van der Waals surface area contributed by atoms with Gasteiger partial charge in [-0.3, -0.25) is 0 Å². The van der Waals surface area contributed by atoms with Crippen molar-refractivity contribution in [2.75, 3.05) is 11.9 Å². The molecule has 0 aliphatic carbocycles. The number of benzene rings is 6. The Kier molecular flexibility index (Phi) is 5.26. The summed E-state index contributed by atoms with van der Waals surface area (Å²) in [6.07, 6.45) is 3.84. The number of fused-ring (bicyclic) bond motifs is 7. The van der Waals surface area contributed by atoms with Gasteiger partial charge in [0.1, 0.15) is 17.3 Å². The van der Waals surface area contributed by atoms with E-state index in [0.29, 0.717) is 0 Å². The molecule has 5 heteroatoms. The van der Waals surface area contributed by atoms with E-state index in [2.05, 4.69) is 126 Å². The number of nitrogens with zero attached hydrogens (tertiary/aromatic N) is 2. The summed E-state index contributed by atoms with van der Waals surface area (Å²) in [6, 6.07) is 40.5. The fourth-order valence-electron chi connectivity index (χ4n) is 6.39. The van der Waals surface area contributed by atoms with Gasteiger partial charge in [-0.05, 0) is 56.1 Å². The predicted molar refractivity (Wildman–Crippen MR) is 178 cm³/mol. The molecule has 6 aromatic carbocycles. The second-order valence-corrected chi connectivity index (χ2v) is 11.1. The fraction of sp³-hybridized carbons (Fsp3) is 0.0526. The largest absolute Gasteiger partial charge is 0.440 e. The Labute approximate surface area is 247 Å². The summed E-state index contributed by atoms with van der Waals surface area (Å²) in [5.74, 6) is 2.36. The third kappa shape index (κ3) is 3.93. The molecule has 43 heavy (non-hydrogen) atoms. The van der Waals surface area contributed by atoms with Crippen LogP contribution in [-0.2, 0) is 0 Å². The van der Waals surface area contributed by atoms with Crippen LogP contribution < -0.4 is 10.6 Å². The average molecular weight is 555 g/mol. The molecule has 7 aromatic rings. The van der Waals surface area contributed by atoms with Crippen LogP contribution in [0.15, 0.2) is 136 Å². The molecule has 0 radical (unpaired) electrons. The van der Waals surface area contributed by atoms with Crippen molar-refractivity contribution in [2.24, 2.45) is 9.98 Å². The first-order valence-electron chi connectivity index (χ1n) is 14.6.